The highest BCUT2D eigenvalue weighted by molar-refractivity contribution is 7.20. The summed E-state index contributed by atoms with van der Waals surface area (Å²) >= 11 is 1.64. The van der Waals surface area contributed by atoms with Gasteiger partial charge in [-0.3, -0.25) is 0 Å². The van der Waals surface area contributed by atoms with Gasteiger partial charge in [-0.2, -0.15) is 0 Å². The Morgan fingerprint density at radius 2 is 2.10 bits per heavy atom. The summed E-state index contributed by atoms with van der Waals surface area (Å²) in [5.41, 5.74) is 1.86. The van der Waals surface area contributed by atoms with Crippen LogP contribution in [0.15, 0.2) is 34.9 Å². The Morgan fingerprint density at radius 3 is 2.90 bits per heavy atom. The van der Waals surface area contributed by atoms with Crippen molar-refractivity contribution in [3.8, 4) is 11.5 Å². The summed E-state index contributed by atoms with van der Waals surface area (Å²) in [5.74, 6) is 1.07. The fourth-order valence-corrected chi connectivity index (χ4v) is 5.41. The van der Waals surface area contributed by atoms with Gasteiger partial charge in [0.1, 0.15) is 5.82 Å². The predicted octanol–water partition coefficient (Wildman–Crippen LogP) is 4.06. The number of imidazole rings is 1. The molecule has 148 valence electrons. The van der Waals surface area contributed by atoms with Crippen molar-refractivity contribution in [2.45, 2.75) is 32.1 Å². The lowest BCUT2D eigenvalue weighted by molar-refractivity contribution is 0.352. The highest BCUT2D eigenvalue weighted by Crippen LogP contribution is 2.64. The van der Waals surface area contributed by atoms with Gasteiger partial charge in [-0.15, -0.1) is 15.3 Å². The number of piperidine rings is 1. The third-order valence-corrected chi connectivity index (χ3v) is 7.17. The maximum Gasteiger partial charge on any atom is 0.247 e. The summed E-state index contributed by atoms with van der Waals surface area (Å²) in [7, 11) is 0. The zero-order chi connectivity index (χ0) is 19.6. The second-order valence-electron chi connectivity index (χ2n) is 8.06. The molecule has 9 heteroatoms. The Balaban J connectivity index is 1.15. The van der Waals surface area contributed by atoms with E-state index in [2.05, 4.69) is 25.2 Å². The molecule has 1 saturated carbocycles. The van der Waals surface area contributed by atoms with Crippen molar-refractivity contribution < 1.29 is 8.81 Å². The molecule has 1 saturated heterocycles. The van der Waals surface area contributed by atoms with E-state index in [0.717, 1.165) is 48.1 Å². The van der Waals surface area contributed by atoms with E-state index in [4.69, 9.17) is 4.42 Å². The van der Waals surface area contributed by atoms with Gasteiger partial charge in [0.2, 0.25) is 21.9 Å². The highest BCUT2D eigenvalue weighted by atomic mass is 32.1. The number of rotatable bonds is 3. The zero-order valence-corrected chi connectivity index (χ0v) is 16.7. The van der Waals surface area contributed by atoms with E-state index in [1.807, 2.05) is 17.6 Å². The van der Waals surface area contributed by atoms with Crippen LogP contribution in [0, 0.1) is 18.2 Å². The van der Waals surface area contributed by atoms with E-state index in [9.17, 15) is 4.39 Å². The van der Waals surface area contributed by atoms with Crippen LogP contribution in [0.3, 0.4) is 0 Å². The van der Waals surface area contributed by atoms with Gasteiger partial charge >= 0.3 is 0 Å². The van der Waals surface area contributed by atoms with Gasteiger partial charge in [0, 0.05) is 24.6 Å². The number of aromatic nitrogens is 5. The number of halogens is 1. The van der Waals surface area contributed by atoms with Crippen LogP contribution in [-0.2, 0) is 0 Å². The number of anilines is 1. The summed E-state index contributed by atoms with van der Waals surface area (Å²) in [5, 5.41) is 14.1. The van der Waals surface area contributed by atoms with Crippen LogP contribution in [-0.4, -0.2) is 37.9 Å². The van der Waals surface area contributed by atoms with Crippen LogP contribution in [0.4, 0.5) is 9.52 Å². The molecular formula is C20H19FN6OS. The van der Waals surface area contributed by atoms with Crippen molar-refractivity contribution in [1.82, 2.24) is 24.8 Å². The zero-order valence-electron chi connectivity index (χ0n) is 15.9. The van der Waals surface area contributed by atoms with Crippen molar-refractivity contribution in [3.63, 3.8) is 0 Å². The molecule has 1 aliphatic carbocycles. The topological polar surface area (TPSA) is 72.3 Å². The van der Waals surface area contributed by atoms with Gasteiger partial charge in [0.05, 0.1) is 11.9 Å². The first-order valence-corrected chi connectivity index (χ1v) is 10.6. The molecule has 1 spiro atoms. The Kier molecular flexibility index (Phi) is 3.59. The number of fused-ring (bicyclic) bond motifs is 1. The number of hydrogen-bond donors (Lipinski definition) is 0. The lowest BCUT2D eigenvalue weighted by atomic mass is 9.91. The molecule has 2 aliphatic rings. The molecule has 0 radical (unpaired) electrons. The van der Waals surface area contributed by atoms with Crippen LogP contribution in [0.5, 0.6) is 0 Å². The van der Waals surface area contributed by atoms with Crippen LogP contribution >= 0.6 is 11.3 Å². The number of nitrogens with zero attached hydrogens (tertiary/aromatic N) is 6. The Bertz CT molecular complexity index is 1170. The van der Waals surface area contributed by atoms with E-state index in [-0.39, 0.29) is 11.2 Å². The minimum absolute atomic E-state index is 0.246. The fourth-order valence-electron chi connectivity index (χ4n) is 4.43. The van der Waals surface area contributed by atoms with E-state index < -0.39 is 0 Å². The predicted molar refractivity (Wildman–Crippen MR) is 107 cm³/mol. The first-order valence-electron chi connectivity index (χ1n) is 9.77. The third-order valence-electron chi connectivity index (χ3n) is 6.18. The minimum atomic E-state index is -0.303. The van der Waals surface area contributed by atoms with E-state index in [1.54, 1.807) is 23.5 Å². The Morgan fingerprint density at radius 1 is 1.24 bits per heavy atom. The fraction of sp³-hybridized carbons (Fsp3) is 0.400. The van der Waals surface area contributed by atoms with Crippen molar-refractivity contribution >= 4 is 21.4 Å². The van der Waals surface area contributed by atoms with E-state index >= 15 is 0 Å². The molecule has 6 rings (SSSR count). The molecule has 7 nitrogen and oxygen atoms in total. The summed E-state index contributed by atoms with van der Waals surface area (Å²) in [6.07, 6.45) is 5.20. The van der Waals surface area contributed by atoms with Crippen LogP contribution < -0.4 is 4.90 Å². The lowest BCUT2D eigenvalue weighted by Gasteiger charge is -2.32. The van der Waals surface area contributed by atoms with Crippen LogP contribution in [0.1, 0.15) is 36.8 Å². The highest BCUT2D eigenvalue weighted by Gasteiger charge is 2.58. The van der Waals surface area contributed by atoms with Crippen molar-refractivity contribution in [3.05, 3.63) is 47.9 Å². The van der Waals surface area contributed by atoms with Gasteiger partial charge in [-0.05, 0) is 49.8 Å². The Labute approximate surface area is 170 Å². The molecule has 0 amide bonds. The maximum absolute atomic E-state index is 13.5. The summed E-state index contributed by atoms with van der Waals surface area (Å²) in [6, 6.07) is 6.27. The van der Waals surface area contributed by atoms with Crippen molar-refractivity contribution in [1.29, 1.82) is 0 Å². The van der Waals surface area contributed by atoms with Gasteiger partial charge in [0.15, 0.2) is 0 Å². The summed E-state index contributed by atoms with van der Waals surface area (Å²) < 4.78 is 21.2. The average molecular weight is 410 g/mol. The normalized spacial score (nSPS) is 20.6. The van der Waals surface area contributed by atoms with Crippen LogP contribution in [0.2, 0.25) is 0 Å². The average Bonchev–Trinajstić information content (AvgIpc) is 3.08. The monoisotopic (exact) mass is 410 g/mol. The SMILES string of the molecule is Cc1cn2nc(N3CCC4(CC3)C[C@@H]4c3nnc(-c4cccc(F)c4)o3)sc2n1. The molecule has 0 N–H and O–H groups in total. The third kappa shape index (κ3) is 2.83. The van der Waals surface area contributed by atoms with E-state index in [0.29, 0.717) is 23.3 Å². The molecule has 0 unspecified atom stereocenters. The largest absolute Gasteiger partial charge is 0.420 e. The first-order chi connectivity index (χ1) is 14.1. The van der Waals surface area contributed by atoms with Gasteiger partial charge in [-0.1, -0.05) is 17.4 Å². The molecule has 3 aromatic heterocycles. The molecule has 4 aromatic rings. The Hall–Kier alpha value is -2.81. The molecule has 1 aromatic carbocycles. The number of hydrogen-bond acceptors (Lipinski definition) is 7. The summed E-state index contributed by atoms with van der Waals surface area (Å²) in [6.45, 7) is 3.92. The quantitative estimate of drug-likeness (QED) is 0.507. The molecule has 1 atom stereocenters. The van der Waals surface area contributed by atoms with Gasteiger partial charge in [0.25, 0.3) is 0 Å². The van der Waals surface area contributed by atoms with Crippen molar-refractivity contribution in [2.24, 2.45) is 5.41 Å². The molecular weight excluding hydrogens is 391 g/mol. The van der Waals surface area contributed by atoms with Gasteiger partial charge in [-0.25, -0.2) is 13.9 Å². The van der Waals surface area contributed by atoms with Crippen molar-refractivity contribution in [2.75, 3.05) is 18.0 Å². The van der Waals surface area contributed by atoms with Gasteiger partial charge < -0.3 is 9.32 Å². The van der Waals surface area contributed by atoms with Crippen LogP contribution in [0.25, 0.3) is 16.4 Å². The second kappa shape index (κ2) is 6.09. The maximum atomic E-state index is 13.5. The second-order valence-corrected chi connectivity index (χ2v) is 8.99. The number of benzene rings is 1. The molecule has 1 aliphatic heterocycles. The molecule has 29 heavy (non-hydrogen) atoms. The first kappa shape index (κ1) is 17.1. The molecule has 2 fully saturated rings. The van der Waals surface area contributed by atoms with E-state index in [1.165, 1.54) is 12.1 Å². The summed E-state index contributed by atoms with van der Waals surface area (Å²) in [4.78, 5) is 7.79. The molecule has 4 heterocycles. The lowest BCUT2D eigenvalue weighted by Crippen LogP contribution is -2.35. The number of aryl methyl sites for hydroxylation is 1. The molecule has 0 bridgehead atoms. The smallest absolute Gasteiger partial charge is 0.247 e. The minimum Gasteiger partial charge on any atom is -0.420 e. The standard InChI is InChI=1S/C20H19FN6OS/c1-12-11-27-18(22-12)29-19(25-27)26-7-5-20(6-8-26)10-15(20)17-24-23-16(28-17)13-3-2-4-14(21)9-13/h2-4,9,11,15H,5-8,10H2,1H3/t15-/m1/s1.